The van der Waals surface area contributed by atoms with Gasteiger partial charge in [-0.25, -0.2) is 0 Å². The highest BCUT2D eigenvalue weighted by atomic mass is 32.1. The summed E-state index contributed by atoms with van der Waals surface area (Å²) in [5, 5.41) is 13.4. The molecule has 2 atom stereocenters. The fraction of sp³-hybridized carbons (Fsp3) is 0.667. The van der Waals surface area contributed by atoms with Crippen LogP contribution in [0.15, 0.2) is 0 Å². The Morgan fingerprint density at radius 2 is 2.40 bits per heavy atom. The van der Waals surface area contributed by atoms with Gasteiger partial charge in [0.1, 0.15) is 4.88 Å². The Morgan fingerprint density at radius 3 is 2.87 bits per heavy atom. The molecular formula is C9H13N3O2S. The minimum atomic E-state index is -0.407. The number of rotatable bonds is 1. The Kier molecular flexibility index (Phi) is 2.70. The number of carbonyl (C=O) groups excluding carboxylic acids is 1. The molecule has 1 aromatic heterocycles. The Balaban J connectivity index is 2.19. The summed E-state index contributed by atoms with van der Waals surface area (Å²) in [4.78, 5) is 14.3. The van der Waals surface area contributed by atoms with Crippen LogP contribution in [0.3, 0.4) is 0 Å². The van der Waals surface area contributed by atoms with Crippen LogP contribution in [0.1, 0.15) is 28.7 Å². The van der Waals surface area contributed by atoms with E-state index in [1.165, 1.54) is 0 Å². The van der Waals surface area contributed by atoms with Crippen LogP contribution in [0.2, 0.25) is 0 Å². The molecule has 0 unspecified atom stereocenters. The predicted molar refractivity (Wildman–Crippen MR) is 55.8 cm³/mol. The lowest BCUT2D eigenvalue weighted by atomic mass is 10.2. The van der Waals surface area contributed by atoms with Gasteiger partial charge in [-0.05, 0) is 31.8 Å². The van der Waals surface area contributed by atoms with Gasteiger partial charge in [0.15, 0.2) is 0 Å². The number of hydrogen-bond donors (Lipinski definition) is 1. The maximum atomic E-state index is 12.0. The second kappa shape index (κ2) is 3.86. The summed E-state index contributed by atoms with van der Waals surface area (Å²) >= 11 is 1.11. The van der Waals surface area contributed by atoms with Crippen molar-refractivity contribution in [2.24, 2.45) is 0 Å². The quantitative estimate of drug-likeness (QED) is 0.756. The average molecular weight is 227 g/mol. The molecule has 1 saturated heterocycles. The zero-order valence-electron chi connectivity index (χ0n) is 8.67. The summed E-state index contributed by atoms with van der Waals surface area (Å²) in [5.41, 5.74) is 0.665. The summed E-state index contributed by atoms with van der Waals surface area (Å²) in [7, 11) is 0. The SMILES string of the molecule is Cc1nnsc1C(=O)N1CC[C@@H](O)[C@H]1C. The van der Waals surface area contributed by atoms with E-state index >= 15 is 0 Å². The van der Waals surface area contributed by atoms with Crippen molar-refractivity contribution in [2.45, 2.75) is 32.4 Å². The molecule has 2 rings (SSSR count). The number of carbonyl (C=O) groups is 1. The van der Waals surface area contributed by atoms with Crippen LogP contribution in [0.4, 0.5) is 0 Å². The monoisotopic (exact) mass is 227 g/mol. The van der Waals surface area contributed by atoms with E-state index in [-0.39, 0.29) is 11.9 Å². The van der Waals surface area contributed by atoms with E-state index in [1.54, 1.807) is 11.8 Å². The van der Waals surface area contributed by atoms with Crippen LogP contribution in [-0.4, -0.2) is 44.2 Å². The molecule has 1 aromatic rings. The Labute approximate surface area is 91.9 Å². The van der Waals surface area contributed by atoms with Gasteiger partial charge in [0.05, 0.1) is 17.8 Å². The zero-order valence-corrected chi connectivity index (χ0v) is 9.49. The molecule has 1 N–H and O–H groups in total. The van der Waals surface area contributed by atoms with E-state index in [0.29, 0.717) is 23.5 Å². The van der Waals surface area contributed by atoms with E-state index < -0.39 is 6.10 Å². The van der Waals surface area contributed by atoms with Crippen LogP contribution in [0.5, 0.6) is 0 Å². The van der Waals surface area contributed by atoms with Gasteiger partial charge < -0.3 is 10.0 Å². The number of aromatic nitrogens is 2. The number of nitrogens with zero attached hydrogens (tertiary/aromatic N) is 3. The van der Waals surface area contributed by atoms with Crippen molar-refractivity contribution in [1.29, 1.82) is 0 Å². The third-order valence-corrected chi connectivity index (χ3v) is 3.64. The van der Waals surface area contributed by atoms with Gasteiger partial charge in [0.2, 0.25) is 0 Å². The fourth-order valence-corrected chi connectivity index (χ4v) is 2.38. The third-order valence-electron chi connectivity index (χ3n) is 2.82. The van der Waals surface area contributed by atoms with Crippen molar-refractivity contribution in [3.05, 3.63) is 10.6 Å². The molecule has 82 valence electrons. The van der Waals surface area contributed by atoms with Gasteiger partial charge in [-0.1, -0.05) is 4.49 Å². The van der Waals surface area contributed by atoms with Crippen LogP contribution < -0.4 is 0 Å². The zero-order chi connectivity index (χ0) is 11.0. The molecule has 0 aliphatic carbocycles. The minimum Gasteiger partial charge on any atom is -0.391 e. The lowest BCUT2D eigenvalue weighted by molar-refractivity contribution is 0.0671. The molecule has 0 radical (unpaired) electrons. The van der Waals surface area contributed by atoms with Crippen LogP contribution in [0, 0.1) is 6.92 Å². The highest BCUT2D eigenvalue weighted by Crippen LogP contribution is 2.22. The van der Waals surface area contributed by atoms with Gasteiger partial charge in [-0.3, -0.25) is 4.79 Å². The Morgan fingerprint density at radius 1 is 1.67 bits per heavy atom. The van der Waals surface area contributed by atoms with E-state index in [1.807, 2.05) is 6.92 Å². The van der Waals surface area contributed by atoms with E-state index in [9.17, 15) is 9.90 Å². The molecule has 5 nitrogen and oxygen atoms in total. The molecule has 1 aliphatic rings. The smallest absolute Gasteiger partial charge is 0.267 e. The third kappa shape index (κ3) is 1.74. The molecule has 15 heavy (non-hydrogen) atoms. The normalized spacial score (nSPS) is 25.9. The summed E-state index contributed by atoms with van der Waals surface area (Å²) in [6.07, 6.45) is 0.244. The fourth-order valence-electron chi connectivity index (χ4n) is 1.77. The standard InChI is InChI=1S/C9H13N3O2S/c1-5-8(15-11-10-5)9(14)12-4-3-7(13)6(12)2/h6-7,13H,3-4H2,1-2H3/t6-,7-/m1/s1. The number of aryl methyl sites for hydroxylation is 1. The van der Waals surface area contributed by atoms with Gasteiger partial charge in [0, 0.05) is 6.54 Å². The van der Waals surface area contributed by atoms with Gasteiger partial charge in [-0.2, -0.15) is 0 Å². The first-order chi connectivity index (χ1) is 7.11. The Bertz CT molecular complexity index is 379. The maximum absolute atomic E-state index is 12.0. The summed E-state index contributed by atoms with van der Waals surface area (Å²) < 4.78 is 3.74. The molecule has 0 bridgehead atoms. The molecule has 0 spiro atoms. The number of likely N-dealkylation sites (tertiary alicyclic amines) is 1. The van der Waals surface area contributed by atoms with Crippen molar-refractivity contribution < 1.29 is 9.90 Å². The highest BCUT2D eigenvalue weighted by molar-refractivity contribution is 7.07. The largest absolute Gasteiger partial charge is 0.391 e. The average Bonchev–Trinajstić information content (AvgIpc) is 2.75. The second-order valence-corrected chi connectivity index (χ2v) is 4.54. The maximum Gasteiger partial charge on any atom is 0.267 e. The van der Waals surface area contributed by atoms with Crippen molar-refractivity contribution in [2.75, 3.05) is 6.54 Å². The molecule has 1 aliphatic heterocycles. The molecular weight excluding hydrogens is 214 g/mol. The summed E-state index contributed by atoms with van der Waals surface area (Å²) in [6, 6.07) is -0.112. The van der Waals surface area contributed by atoms with Crippen LogP contribution >= 0.6 is 11.5 Å². The minimum absolute atomic E-state index is 0.0634. The van der Waals surface area contributed by atoms with E-state index in [0.717, 1.165) is 11.5 Å². The van der Waals surface area contributed by atoms with Crippen molar-refractivity contribution >= 4 is 17.4 Å². The van der Waals surface area contributed by atoms with Gasteiger partial charge in [0.25, 0.3) is 5.91 Å². The molecule has 2 heterocycles. The lowest BCUT2D eigenvalue weighted by Gasteiger charge is -2.21. The second-order valence-electron chi connectivity index (χ2n) is 3.78. The van der Waals surface area contributed by atoms with Crippen LogP contribution in [0.25, 0.3) is 0 Å². The van der Waals surface area contributed by atoms with Crippen molar-refractivity contribution in [3.63, 3.8) is 0 Å². The van der Waals surface area contributed by atoms with E-state index in [2.05, 4.69) is 9.59 Å². The highest BCUT2D eigenvalue weighted by Gasteiger charge is 2.34. The predicted octanol–water partition coefficient (Wildman–Crippen LogP) is 0.442. The number of aliphatic hydroxyl groups excluding tert-OH is 1. The van der Waals surface area contributed by atoms with Gasteiger partial charge in [-0.15, -0.1) is 5.10 Å². The summed E-state index contributed by atoms with van der Waals surface area (Å²) in [6.45, 7) is 4.24. The topological polar surface area (TPSA) is 66.3 Å². The first kappa shape index (κ1) is 10.5. The van der Waals surface area contributed by atoms with E-state index in [4.69, 9.17) is 0 Å². The number of amides is 1. The Hall–Kier alpha value is -1.01. The molecule has 0 saturated carbocycles. The van der Waals surface area contributed by atoms with Gasteiger partial charge >= 0.3 is 0 Å². The first-order valence-electron chi connectivity index (χ1n) is 4.89. The van der Waals surface area contributed by atoms with Crippen molar-refractivity contribution in [3.8, 4) is 0 Å². The first-order valence-corrected chi connectivity index (χ1v) is 5.66. The van der Waals surface area contributed by atoms with Crippen LogP contribution in [-0.2, 0) is 0 Å². The summed E-state index contributed by atoms with van der Waals surface area (Å²) in [5.74, 6) is -0.0634. The molecule has 1 amide bonds. The molecule has 1 fully saturated rings. The number of hydrogen-bond acceptors (Lipinski definition) is 5. The lowest BCUT2D eigenvalue weighted by Crippen LogP contribution is -2.37. The molecule has 6 heteroatoms. The van der Waals surface area contributed by atoms with Crippen molar-refractivity contribution in [1.82, 2.24) is 14.5 Å². The molecule has 0 aromatic carbocycles. The number of aliphatic hydroxyl groups is 1.